The third-order valence-electron chi connectivity index (χ3n) is 6.42. The maximum Gasteiger partial charge on any atom is 0.411 e. The average Bonchev–Trinajstić information content (AvgIpc) is 3.35. The number of hydrogen-bond acceptors (Lipinski definition) is 6. The first kappa shape index (κ1) is 23.8. The molecule has 3 rings (SSSR count). The lowest BCUT2D eigenvalue weighted by atomic mass is 10.00. The second-order valence-corrected chi connectivity index (χ2v) is 9.43. The molecule has 0 saturated heterocycles. The summed E-state index contributed by atoms with van der Waals surface area (Å²) in [6.45, 7) is 4.30. The minimum atomic E-state index is -0.837. The number of nitrogens with two attached hydrogens (primary N) is 1. The fraction of sp³-hybridized carbons (Fsp3) is 0.542. The van der Waals surface area contributed by atoms with E-state index in [0.29, 0.717) is 17.8 Å². The van der Waals surface area contributed by atoms with Gasteiger partial charge in [0.15, 0.2) is 0 Å². The van der Waals surface area contributed by atoms with Crippen LogP contribution in [0.1, 0.15) is 51.2 Å². The number of nitrogens with zero attached hydrogens (tertiary/aromatic N) is 2. The zero-order chi connectivity index (χ0) is 23.5. The Hall–Kier alpha value is -2.87. The van der Waals surface area contributed by atoms with E-state index in [2.05, 4.69) is 5.32 Å². The summed E-state index contributed by atoms with van der Waals surface area (Å²) in [4.78, 5) is 29.2. The highest BCUT2D eigenvalue weighted by atomic mass is 16.6. The third kappa shape index (κ3) is 5.12. The molecule has 2 aliphatic rings. The number of benzene rings is 1. The van der Waals surface area contributed by atoms with Crippen molar-refractivity contribution in [1.82, 2.24) is 15.1 Å². The van der Waals surface area contributed by atoms with Gasteiger partial charge in [-0.3, -0.25) is 15.1 Å². The average molecular weight is 442 g/mol. The van der Waals surface area contributed by atoms with Crippen LogP contribution in [0.2, 0.25) is 0 Å². The van der Waals surface area contributed by atoms with Gasteiger partial charge in [-0.2, -0.15) is 0 Å². The van der Waals surface area contributed by atoms with Gasteiger partial charge in [-0.05, 0) is 46.3 Å². The number of amides is 2. The molecule has 4 N–H and O–H groups in total. The van der Waals surface area contributed by atoms with E-state index in [-0.39, 0.29) is 24.2 Å². The van der Waals surface area contributed by atoms with Crippen LogP contribution in [0.5, 0.6) is 0 Å². The second kappa shape index (κ2) is 9.73. The number of carbonyl (C=O) groups excluding carboxylic acids is 2. The van der Waals surface area contributed by atoms with E-state index in [1.54, 1.807) is 0 Å². The lowest BCUT2D eigenvalue weighted by Crippen LogP contribution is -2.47. The summed E-state index contributed by atoms with van der Waals surface area (Å²) in [6.07, 6.45) is 2.84. The van der Waals surface area contributed by atoms with E-state index in [1.165, 1.54) is 4.90 Å². The molecule has 1 saturated carbocycles. The van der Waals surface area contributed by atoms with Crippen LogP contribution < -0.4 is 11.1 Å². The summed E-state index contributed by atoms with van der Waals surface area (Å²) in [5.74, 6) is -0.220. The quantitative estimate of drug-likeness (QED) is 0.464. The van der Waals surface area contributed by atoms with Gasteiger partial charge in [-0.15, -0.1) is 0 Å². The molecule has 1 aromatic carbocycles. The number of nitrogens with one attached hydrogen (secondary N) is 2. The van der Waals surface area contributed by atoms with Crippen molar-refractivity contribution in [2.24, 2.45) is 11.7 Å². The highest BCUT2D eigenvalue weighted by Crippen LogP contribution is 2.33. The number of amidine groups is 1. The van der Waals surface area contributed by atoms with Gasteiger partial charge in [0.05, 0.1) is 12.1 Å². The van der Waals surface area contributed by atoms with Crippen molar-refractivity contribution in [2.45, 2.75) is 51.2 Å². The molecule has 1 aliphatic heterocycles. The first-order chi connectivity index (χ1) is 15.1. The molecule has 8 heteroatoms. The molecule has 1 heterocycles. The summed E-state index contributed by atoms with van der Waals surface area (Å²) < 4.78 is 5.91. The maximum atomic E-state index is 13.2. The Bertz CT molecular complexity index is 888. The molecule has 0 spiro atoms. The molecule has 0 bridgehead atoms. The fourth-order valence-corrected chi connectivity index (χ4v) is 4.35. The number of likely N-dealkylation sites (N-methyl/N-ethyl adjacent to an activating group) is 1. The number of hydrogen-bond donors (Lipinski definition) is 3. The molecule has 2 amide bonds. The van der Waals surface area contributed by atoms with Gasteiger partial charge in [0.2, 0.25) is 5.91 Å². The summed E-state index contributed by atoms with van der Waals surface area (Å²) in [5, 5.41) is 11.1. The van der Waals surface area contributed by atoms with E-state index in [0.717, 1.165) is 31.2 Å². The molecule has 8 nitrogen and oxygen atoms in total. The van der Waals surface area contributed by atoms with E-state index in [9.17, 15) is 9.59 Å². The van der Waals surface area contributed by atoms with Crippen LogP contribution in [0.25, 0.3) is 0 Å². The highest BCUT2D eigenvalue weighted by Gasteiger charge is 2.44. The van der Waals surface area contributed by atoms with Crippen molar-refractivity contribution in [1.29, 1.82) is 5.41 Å². The van der Waals surface area contributed by atoms with Gasteiger partial charge in [0.25, 0.3) is 0 Å². The molecular formula is C24H35N5O3. The number of rotatable bonds is 6. The van der Waals surface area contributed by atoms with Crippen molar-refractivity contribution in [2.75, 3.05) is 27.2 Å². The Balaban J connectivity index is 1.72. The van der Waals surface area contributed by atoms with Gasteiger partial charge in [0, 0.05) is 23.7 Å². The van der Waals surface area contributed by atoms with Crippen LogP contribution in [-0.4, -0.2) is 60.4 Å². The van der Waals surface area contributed by atoms with Gasteiger partial charge >= 0.3 is 6.09 Å². The topological polar surface area (TPSA) is 112 Å². The fourth-order valence-electron chi connectivity index (χ4n) is 4.35. The normalized spacial score (nSPS) is 19.3. The molecular weight excluding hydrogens is 406 g/mol. The predicted molar refractivity (Wildman–Crippen MR) is 124 cm³/mol. The van der Waals surface area contributed by atoms with Gasteiger partial charge in [-0.25, -0.2) is 4.79 Å². The van der Waals surface area contributed by atoms with E-state index < -0.39 is 17.7 Å². The Morgan fingerprint density at radius 3 is 2.47 bits per heavy atom. The van der Waals surface area contributed by atoms with Gasteiger partial charge < -0.3 is 20.7 Å². The van der Waals surface area contributed by atoms with Gasteiger partial charge in [0.1, 0.15) is 11.9 Å². The van der Waals surface area contributed by atoms with Crippen LogP contribution in [-0.2, 0) is 9.53 Å². The predicted octanol–water partition coefficient (Wildman–Crippen LogP) is 3.02. The van der Waals surface area contributed by atoms with Crippen molar-refractivity contribution < 1.29 is 14.3 Å². The molecule has 1 aromatic rings. The van der Waals surface area contributed by atoms with Crippen molar-refractivity contribution >= 4 is 17.8 Å². The Kier molecular flexibility index (Phi) is 7.23. The highest BCUT2D eigenvalue weighted by molar-refractivity contribution is 6.08. The minimum Gasteiger partial charge on any atom is -0.440 e. The molecule has 1 fully saturated rings. The van der Waals surface area contributed by atoms with E-state index in [1.807, 2.05) is 63.2 Å². The lowest BCUT2D eigenvalue weighted by Gasteiger charge is -2.34. The Morgan fingerprint density at radius 2 is 1.88 bits per heavy atom. The minimum absolute atomic E-state index is 0.0318. The summed E-state index contributed by atoms with van der Waals surface area (Å²) in [5.41, 5.74) is 7.30. The lowest BCUT2D eigenvalue weighted by molar-refractivity contribution is -0.123. The summed E-state index contributed by atoms with van der Waals surface area (Å²) >= 11 is 0. The summed E-state index contributed by atoms with van der Waals surface area (Å²) in [7, 11) is 3.85. The molecule has 174 valence electrons. The first-order valence-corrected chi connectivity index (χ1v) is 11.2. The third-order valence-corrected chi connectivity index (χ3v) is 6.42. The molecule has 0 aromatic heterocycles. The van der Waals surface area contributed by atoms with Crippen LogP contribution in [0, 0.1) is 11.3 Å². The zero-order valence-electron chi connectivity index (χ0n) is 19.5. The summed E-state index contributed by atoms with van der Waals surface area (Å²) in [6, 6.07) is 9.62. The number of carbonyl (C=O) groups is 2. The van der Waals surface area contributed by atoms with Crippen LogP contribution in [0.15, 0.2) is 41.6 Å². The van der Waals surface area contributed by atoms with Gasteiger partial charge in [-0.1, -0.05) is 43.2 Å². The maximum absolute atomic E-state index is 13.2. The molecule has 32 heavy (non-hydrogen) atoms. The van der Waals surface area contributed by atoms with Crippen molar-refractivity contribution in [3.05, 3.63) is 47.2 Å². The monoisotopic (exact) mass is 441 g/mol. The molecule has 0 unspecified atom stereocenters. The van der Waals surface area contributed by atoms with Crippen LogP contribution in [0.4, 0.5) is 4.79 Å². The molecule has 1 atom stereocenters. The molecule has 1 aliphatic carbocycles. The van der Waals surface area contributed by atoms with Crippen LogP contribution in [0.3, 0.4) is 0 Å². The Labute approximate surface area is 190 Å². The second-order valence-electron chi connectivity index (χ2n) is 9.43. The largest absolute Gasteiger partial charge is 0.440 e. The van der Waals surface area contributed by atoms with E-state index in [4.69, 9.17) is 15.9 Å². The standard InChI is InChI=1S/C24H35N5O3/c1-24(2)20(25)18(21(26)27-22(30)17-12-8-9-13-17)14-29(24)23(31)32-19(15-28(3)4)16-10-6-5-7-11-16/h5-7,10-11,17,19H,8-9,12-15,25H2,1-4H3,(H2,26,27,30)/t19-/m1/s1. The SMILES string of the molecule is CN(C)C[C@@H](OC(=O)N1CC(C(=N)NC(=O)C2CCCC2)=C(N)C1(C)C)c1ccccc1. The molecule has 0 radical (unpaired) electrons. The zero-order valence-corrected chi connectivity index (χ0v) is 19.5. The van der Waals surface area contributed by atoms with Crippen LogP contribution >= 0.6 is 0 Å². The van der Waals surface area contributed by atoms with E-state index >= 15 is 0 Å². The van der Waals surface area contributed by atoms with Crippen molar-refractivity contribution in [3.63, 3.8) is 0 Å². The number of ether oxygens (including phenoxy) is 1. The first-order valence-electron chi connectivity index (χ1n) is 11.2. The van der Waals surface area contributed by atoms with Crippen molar-refractivity contribution in [3.8, 4) is 0 Å². The smallest absolute Gasteiger partial charge is 0.411 e. The Morgan fingerprint density at radius 1 is 1.25 bits per heavy atom.